The topological polar surface area (TPSA) is 60.4 Å². The number of ether oxygens (including phenoxy) is 1. The highest BCUT2D eigenvalue weighted by Gasteiger charge is 2.20. The minimum absolute atomic E-state index is 0.0143. The van der Waals surface area contributed by atoms with Gasteiger partial charge in [0.05, 0.1) is 17.3 Å². The van der Waals surface area contributed by atoms with Gasteiger partial charge in [-0.1, -0.05) is 13.8 Å². The Balaban J connectivity index is 2.87. The smallest absolute Gasteiger partial charge is 0.177 e. The number of hydrogen-bond acceptors (Lipinski definition) is 4. The molecule has 0 aromatic heterocycles. The number of benzene rings is 1. The van der Waals surface area contributed by atoms with Crippen molar-refractivity contribution in [2.45, 2.75) is 13.8 Å². The molecule has 0 aliphatic carbocycles. The zero-order valence-electron chi connectivity index (χ0n) is 11.1. The van der Waals surface area contributed by atoms with Crippen LogP contribution in [0.5, 0.6) is 5.75 Å². The van der Waals surface area contributed by atoms with Crippen LogP contribution in [0.3, 0.4) is 0 Å². The van der Waals surface area contributed by atoms with Crippen molar-refractivity contribution in [1.82, 2.24) is 0 Å². The van der Waals surface area contributed by atoms with Crippen molar-refractivity contribution in [3.63, 3.8) is 0 Å². The summed E-state index contributed by atoms with van der Waals surface area (Å²) in [7, 11) is -1.83. The van der Waals surface area contributed by atoms with E-state index < -0.39 is 21.4 Å². The summed E-state index contributed by atoms with van der Waals surface area (Å²) in [6.07, 6.45) is 0. The Labute approximate surface area is 122 Å². The average Bonchev–Trinajstić information content (AvgIpc) is 2.26. The first-order valence-electron chi connectivity index (χ1n) is 5.82. The Hall–Kier alpha value is -0.880. The van der Waals surface area contributed by atoms with Crippen molar-refractivity contribution < 1.29 is 17.9 Å². The van der Waals surface area contributed by atoms with Gasteiger partial charge in [0.15, 0.2) is 15.6 Å². The highest BCUT2D eigenvalue weighted by atomic mass is 79.9. The van der Waals surface area contributed by atoms with Crippen LogP contribution in [0.2, 0.25) is 0 Å². The highest BCUT2D eigenvalue weighted by molar-refractivity contribution is 9.10. The number of halogens is 1. The highest BCUT2D eigenvalue weighted by Crippen LogP contribution is 2.25. The van der Waals surface area contributed by atoms with E-state index in [-0.39, 0.29) is 11.7 Å². The molecule has 0 atom stereocenters. The normalized spacial score (nSPS) is 11.6. The second kappa shape index (κ2) is 6.52. The lowest BCUT2D eigenvalue weighted by atomic mass is 10.1. The van der Waals surface area contributed by atoms with Crippen molar-refractivity contribution in [3.8, 4) is 5.75 Å². The first kappa shape index (κ1) is 16.2. The van der Waals surface area contributed by atoms with Gasteiger partial charge in [-0.3, -0.25) is 4.79 Å². The van der Waals surface area contributed by atoms with Crippen molar-refractivity contribution in [1.29, 1.82) is 0 Å². The lowest BCUT2D eigenvalue weighted by molar-refractivity contribution is 0.102. The second-order valence-electron chi connectivity index (χ2n) is 4.72. The van der Waals surface area contributed by atoms with E-state index in [0.29, 0.717) is 15.8 Å². The third-order valence-electron chi connectivity index (χ3n) is 2.41. The first-order chi connectivity index (χ1) is 8.75. The lowest BCUT2D eigenvalue weighted by Crippen LogP contribution is -2.21. The molecule has 6 heteroatoms. The Morgan fingerprint density at radius 3 is 2.47 bits per heavy atom. The molecule has 4 nitrogen and oxygen atoms in total. The fourth-order valence-corrected chi connectivity index (χ4v) is 3.93. The number of sulfone groups is 1. The summed E-state index contributed by atoms with van der Waals surface area (Å²) in [6.45, 7) is 3.62. The molecule has 19 heavy (non-hydrogen) atoms. The van der Waals surface area contributed by atoms with E-state index in [2.05, 4.69) is 15.9 Å². The van der Waals surface area contributed by atoms with Gasteiger partial charge in [-0.2, -0.15) is 0 Å². The van der Waals surface area contributed by atoms with Crippen molar-refractivity contribution in [3.05, 3.63) is 28.2 Å². The molecular weight excluding hydrogens is 332 g/mol. The third kappa shape index (κ3) is 4.95. The maximum atomic E-state index is 12.0. The number of carbonyl (C=O) groups is 1. The monoisotopic (exact) mass is 348 g/mol. The van der Waals surface area contributed by atoms with E-state index in [0.717, 1.165) is 0 Å². The molecule has 0 fully saturated rings. The van der Waals surface area contributed by atoms with Crippen LogP contribution >= 0.6 is 15.9 Å². The number of carbonyl (C=O) groups excluding carboxylic acids is 1. The second-order valence-corrected chi connectivity index (χ2v) is 7.68. The van der Waals surface area contributed by atoms with Gasteiger partial charge < -0.3 is 4.74 Å². The van der Waals surface area contributed by atoms with Crippen molar-refractivity contribution in [2.75, 3.05) is 18.6 Å². The predicted molar refractivity (Wildman–Crippen MR) is 78.5 cm³/mol. The molecule has 0 radical (unpaired) electrons. The molecule has 0 aliphatic rings. The number of ketones is 1. The van der Waals surface area contributed by atoms with Gasteiger partial charge in [-0.15, -0.1) is 0 Å². The fourth-order valence-electron chi connectivity index (χ4n) is 1.69. The number of rotatable bonds is 6. The van der Waals surface area contributed by atoms with Crippen LogP contribution in [0.4, 0.5) is 0 Å². The van der Waals surface area contributed by atoms with E-state index in [1.807, 2.05) is 13.8 Å². The van der Waals surface area contributed by atoms with Gasteiger partial charge in [0.25, 0.3) is 0 Å². The third-order valence-corrected chi connectivity index (χ3v) is 4.91. The quantitative estimate of drug-likeness (QED) is 0.741. The SMILES string of the molecule is COc1ccc(C(=O)CS(=O)(=O)CC(C)C)cc1Br. The van der Waals surface area contributed by atoms with Gasteiger partial charge >= 0.3 is 0 Å². The first-order valence-corrected chi connectivity index (χ1v) is 8.44. The molecule has 1 aromatic rings. The van der Waals surface area contributed by atoms with Crippen LogP contribution in [0.25, 0.3) is 0 Å². The summed E-state index contributed by atoms with van der Waals surface area (Å²) in [5.74, 6) is -0.217. The number of Topliss-reactive ketones (excluding diaryl/α,β-unsaturated/α-hetero) is 1. The van der Waals surface area contributed by atoms with E-state index in [9.17, 15) is 13.2 Å². The molecule has 106 valence electrons. The fraction of sp³-hybridized carbons (Fsp3) is 0.462. The molecular formula is C13H17BrO4S. The standard InChI is InChI=1S/C13H17BrO4S/c1-9(2)7-19(16,17)8-12(15)10-4-5-13(18-3)11(14)6-10/h4-6,9H,7-8H2,1-3H3. The van der Waals surface area contributed by atoms with E-state index in [1.165, 1.54) is 7.11 Å². The minimum atomic E-state index is -3.35. The molecule has 0 amide bonds. The summed E-state index contributed by atoms with van der Waals surface area (Å²) in [6, 6.07) is 4.77. The number of hydrogen-bond donors (Lipinski definition) is 0. The predicted octanol–water partition coefficient (Wildman–Crippen LogP) is 2.71. The van der Waals surface area contributed by atoms with E-state index >= 15 is 0 Å². The van der Waals surface area contributed by atoms with Gasteiger partial charge in [0.2, 0.25) is 0 Å². The summed E-state index contributed by atoms with van der Waals surface area (Å²) < 4.78 is 29.2. The van der Waals surface area contributed by atoms with E-state index in [4.69, 9.17) is 4.74 Å². The summed E-state index contributed by atoms with van der Waals surface area (Å²) in [5.41, 5.74) is 0.361. The Bertz CT molecular complexity index is 564. The largest absolute Gasteiger partial charge is 0.496 e. The van der Waals surface area contributed by atoms with Crippen LogP contribution in [0.1, 0.15) is 24.2 Å². The molecule has 0 spiro atoms. The maximum Gasteiger partial charge on any atom is 0.177 e. The van der Waals surface area contributed by atoms with Gasteiger partial charge in [0.1, 0.15) is 11.5 Å². The van der Waals surface area contributed by atoms with Crippen LogP contribution in [0, 0.1) is 5.92 Å². The molecule has 1 rings (SSSR count). The average molecular weight is 349 g/mol. The van der Waals surface area contributed by atoms with E-state index in [1.54, 1.807) is 18.2 Å². The van der Waals surface area contributed by atoms with Gasteiger partial charge in [-0.05, 0) is 40.0 Å². The maximum absolute atomic E-state index is 12.0. The molecule has 0 heterocycles. The Kier molecular flexibility index (Phi) is 5.55. The van der Waals surface area contributed by atoms with Crippen molar-refractivity contribution in [2.24, 2.45) is 5.92 Å². The van der Waals surface area contributed by atoms with Crippen LogP contribution in [-0.2, 0) is 9.84 Å². The number of methoxy groups -OCH3 is 1. The molecule has 0 N–H and O–H groups in total. The van der Waals surface area contributed by atoms with Gasteiger partial charge in [0, 0.05) is 5.56 Å². The Morgan fingerprint density at radius 2 is 2.00 bits per heavy atom. The van der Waals surface area contributed by atoms with Gasteiger partial charge in [-0.25, -0.2) is 8.42 Å². The summed E-state index contributed by atoms with van der Waals surface area (Å²) in [5, 5.41) is 0. The Morgan fingerprint density at radius 1 is 1.37 bits per heavy atom. The van der Waals surface area contributed by atoms with Crippen molar-refractivity contribution >= 4 is 31.6 Å². The molecule has 0 saturated carbocycles. The molecule has 0 bridgehead atoms. The molecule has 1 aromatic carbocycles. The molecule has 0 saturated heterocycles. The summed E-state index contributed by atoms with van der Waals surface area (Å²) in [4.78, 5) is 12.0. The molecule has 0 aliphatic heterocycles. The lowest BCUT2D eigenvalue weighted by Gasteiger charge is -2.08. The zero-order chi connectivity index (χ0) is 14.6. The van der Waals surface area contributed by atoms with Crippen LogP contribution < -0.4 is 4.74 Å². The van der Waals surface area contributed by atoms with Crippen LogP contribution in [0.15, 0.2) is 22.7 Å². The summed E-state index contributed by atoms with van der Waals surface area (Å²) >= 11 is 3.27. The molecule has 0 unspecified atom stereocenters. The van der Waals surface area contributed by atoms with Crippen LogP contribution in [-0.4, -0.2) is 32.8 Å². The minimum Gasteiger partial charge on any atom is -0.496 e. The zero-order valence-corrected chi connectivity index (χ0v) is 13.5.